The number of hydrogen-bond donors (Lipinski definition) is 1. The van der Waals surface area contributed by atoms with E-state index < -0.39 is 0 Å². The molecule has 3 nitrogen and oxygen atoms in total. The van der Waals surface area contributed by atoms with Crippen LogP contribution in [0.5, 0.6) is 11.5 Å². The van der Waals surface area contributed by atoms with Crippen molar-refractivity contribution >= 4 is 11.9 Å². The Labute approximate surface area is 146 Å². The average molecular weight is 330 g/mol. The minimum Gasteiger partial charge on any atom is -0.507 e. The van der Waals surface area contributed by atoms with Gasteiger partial charge in [0.1, 0.15) is 18.1 Å². The summed E-state index contributed by atoms with van der Waals surface area (Å²) in [7, 11) is 0. The van der Waals surface area contributed by atoms with Gasteiger partial charge in [-0.1, -0.05) is 66.7 Å². The van der Waals surface area contributed by atoms with Gasteiger partial charge < -0.3 is 9.84 Å². The molecule has 3 heteroatoms. The van der Waals surface area contributed by atoms with Gasteiger partial charge in [-0.25, -0.2) is 0 Å². The number of phenols is 1. The molecule has 3 aromatic rings. The maximum absolute atomic E-state index is 12.4. The van der Waals surface area contributed by atoms with Crippen molar-refractivity contribution in [2.75, 3.05) is 0 Å². The van der Waals surface area contributed by atoms with E-state index in [4.69, 9.17) is 4.74 Å². The molecule has 0 atom stereocenters. The Hall–Kier alpha value is -3.33. The van der Waals surface area contributed by atoms with E-state index in [1.807, 2.05) is 60.7 Å². The number of carbonyl (C=O) groups excluding carboxylic acids is 1. The van der Waals surface area contributed by atoms with Crippen molar-refractivity contribution in [3.63, 3.8) is 0 Å². The number of ketones is 1. The summed E-state index contributed by atoms with van der Waals surface area (Å²) in [6, 6.07) is 24.0. The molecule has 0 aromatic heterocycles. The van der Waals surface area contributed by atoms with E-state index >= 15 is 0 Å². The number of phenolic OH excluding ortho intramolecular Hbond substituents is 1. The summed E-state index contributed by atoms with van der Waals surface area (Å²) in [5.41, 5.74) is 2.18. The predicted octanol–water partition coefficient (Wildman–Crippen LogP) is 4.87. The number of benzene rings is 3. The SMILES string of the molecule is O=C(/C=C/c1ccccc1)c1cc(OCc2ccccc2)ccc1O. The van der Waals surface area contributed by atoms with Crippen LogP contribution < -0.4 is 4.74 Å². The smallest absolute Gasteiger partial charge is 0.189 e. The number of rotatable bonds is 6. The zero-order chi connectivity index (χ0) is 17.5. The molecule has 0 aliphatic rings. The fraction of sp³-hybridized carbons (Fsp3) is 0.0455. The molecule has 0 heterocycles. The molecule has 0 spiro atoms. The third-order valence-corrected chi connectivity index (χ3v) is 3.71. The molecule has 0 radical (unpaired) electrons. The van der Waals surface area contributed by atoms with Gasteiger partial charge in [-0.15, -0.1) is 0 Å². The van der Waals surface area contributed by atoms with Crippen molar-refractivity contribution in [3.8, 4) is 11.5 Å². The first-order valence-corrected chi connectivity index (χ1v) is 7.99. The number of allylic oxidation sites excluding steroid dienone is 1. The average Bonchev–Trinajstić information content (AvgIpc) is 2.67. The normalized spacial score (nSPS) is 10.7. The van der Waals surface area contributed by atoms with Gasteiger partial charge in [0.05, 0.1) is 5.56 Å². The quantitative estimate of drug-likeness (QED) is 0.518. The highest BCUT2D eigenvalue weighted by Gasteiger charge is 2.10. The fourth-order valence-electron chi connectivity index (χ4n) is 2.37. The standard InChI is InChI=1S/C22H18O3/c23-21(13-11-17-7-3-1-4-8-17)20-15-19(12-14-22(20)24)25-16-18-9-5-2-6-10-18/h1-15,24H,16H2/b13-11+. The largest absolute Gasteiger partial charge is 0.507 e. The van der Waals surface area contributed by atoms with E-state index in [0.29, 0.717) is 12.4 Å². The molecular weight excluding hydrogens is 312 g/mol. The molecule has 3 rings (SSSR count). The third-order valence-electron chi connectivity index (χ3n) is 3.71. The third kappa shape index (κ3) is 4.58. The topological polar surface area (TPSA) is 46.5 Å². The molecule has 0 amide bonds. The second kappa shape index (κ2) is 7.97. The Morgan fingerprint density at radius 2 is 1.60 bits per heavy atom. The van der Waals surface area contributed by atoms with Crippen LogP contribution in [-0.4, -0.2) is 10.9 Å². The van der Waals surface area contributed by atoms with E-state index in [0.717, 1.165) is 11.1 Å². The number of aromatic hydroxyl groups is 1. The molecule has 124 valence electrons. The summed E-state index contributed by atoms with van der Waals surface area (Å²) < 4.78 is 5.71. The molecular formula is C22H18O3. The predicted molar refractivity (Wildman–Crippen MR) is 98.7 cm³/mol. The second-order valence-electron chi connectivity index (χ2n) is 5.56. The van der Waals surface area contributed by atoms with E-state index in [1.165, 1.54) is 12.1 Å². The molecule has 0 saturated heterocycles. The molecule has 0 aliphatic heterocycles. The lowest BCUT2D eigenvalue weighted by molar-refractivity contribution is 0.104. The Morgan fingerprint density at radius 3 is 2.32 bits per heavy atom. The summed E-state index contributed by atoms with van der Waals surface area (Å²) >= 11 is 0. The summed E-state index contributed by atoms with van der Waals surface area (Å²) in [6.45, 7) is 0.402. The highest BCUT2D eigenvalue weighted by atomic mass is 16.5. The van der Waals surface area contributed by atoms with E-state index in [2.05, 4.69) is 0 Å². The van der Waals surface area contributed by atoms with Crippen LogP contribution in [0.15, 0.2) is 84.9 Å². The van der Waals surface area contributed by atoms with E-state index in [1.54, 1.807) is 18.2 Å². The lowest BCUT2D eigenvalue weighted by Gasteiger charge is -2.08. The van der Waals surface area contributed by atoms with Crippen LogP contribution in [0.1, 0.15) is 21.5 Å². The highest BCUT2D eigenvalue weighted by molar-refractivity contribution is 6.08. The molecule has 1 N–H and O–H groups in total. The van der Waals surface area contributed by atoms with Crippen LogP contribution in [0.25, 0.3) is 6.08 Å². The molecule has 0 bridgehead atoms. The van der Waals surface area contributed by atoms with Crippen LogP contribution in [0, 0.1) is 0 Å². The van der Waals surface area contributed by atoms with Crippen molar-refractivity contribution in [1.29, 1.82) is 0 Å². The zero-order valence-corrected chi connectivity index (χ0v) is 13.6. The second-order valence-corrected chi connectivity index (χ2v) is 5.56. The Balaban J connectivity index is 1.72. The maximum Gasteiger partial charge on any atom is 0.189 e. The van der Waals surface area contributed by atoms with Gasteiger partial charge in [-0.05, 0) is 35.4 Å². The molecule has 0 unspecified atom stereocenters. The lowest BCUT2D eigenvalue weighted by Crippen LogP contribution is -1.99. The Morgan fingerprint density at radius 1 is 0.920 bits per heavy atom. The minimum absolute atomic E-state index is 0.0604. The van der Waals surface area contributed by atoms with Crippen LogP contribution in [0.4, 0.5) is 0 Å². The van der Waals surface area contributed by atoms with Crippen LogP contribution in [0.3, 0.4) is 0 Å². The first-order chi connectivity index (χ1) is 12.2. The van der Waals surface area contributed by atoms with Gasteiger partial charge in [-0.2, -0.15) is 0 Å². The van der Waals surface area contributed by atoms with Gasteiger partial charge in [-0.3, -0.25) is 4.79 Å². The molecule has 25 heavy (non-hydrogen) atoms. The lowest BCUT2D eigenvalue weighted by atomic mass is 10.1. The van der Waals surface area contributed by atoms with Crippen LogP contribution in [-0.2, 0) is 6.61 Å². The number of hydrogen-bond acceptors (Lipinski definition) is 3. The monoisotopic (exact) mass is 330 g/mol. The Bertz CT molecular complexity index is 868. The van der Waals surface area contributed by atoms with E-state index in [9.17, 15) is 9.90 Å². The van der Waals surface area contributed by atoms with Gasteiger partial charge >= 0.3 is 0 Å². The van der Waals surface area contributed by atoms with Crippen molar-refractivity contribution in [2.45, 2.75) is 6.61 Å². The van der Waals surface area contributed by atoms with Crippen LogP contribution >= 0.6 is 0 Å². The minimum atomic E-state index is -0.272. The first kappa shape index (κ1) is 16.5. The van der Waals surface area contributed by atoms with Crippen LogP contribution in [0.2, 0.25) is 0 Å². The van der Waals surface area contributed by atoms with Gasteiger partial charge in [0, 0.05) is 0 Å². The zero-order valence-electron chi connectivity index (χ0n) is 13.6. The van der Waals surface area contributed by atoms with Crippen molar-refractivity contribution in [3.05, 3.63) is 102 Å². The van der Waals surface area contributed by atoms with E-state index in [-0.39, 0.29) is 17.1 Å². The molecule has 3 aromatic carbocycles. The molecule has 0 aliphatic carbocycles. The van der Waals surface area contributed by atoms with Crippen molar-refractivity contribution in [1.82, 2.24) is 0 Å². The van der Waals surface area contributed by atoms with Crippen molar-refractivity contribution in [2.24, 2.45) is 0 Å². The summed E-state index contributed by atoms with van der Waals surface area (Å²) in [6.07, 6.45) is 3.17. The molecule has 0 saturated carbocycles. The summed E-state index contributed by atoms with van der Waals surface area (Å²) in [5, 5.41) is 9.98. The van der Waals surface area contributed by atoms with Gasteiger partial charge in [0.15, 0.2) is 5.78 Å². The fourth-order valence-corrected chi connectivity index (χ4v) is 2.37. The molecule has 0 fully saturated rings. The Kier molecular flexibility index (Phi) is 5.27. The summed E-state index contributed by atoms with van der Waals surface area (Å²) in [4.78, 5) is 12.4. The first-order valence-electron chi connectivity index (χ1n) is 7.99. The highest BCUT2D eigenvalue weighted by Crippen LogP contribution is 2.24. The number of ether oxygens (including phenoxy) is 1. The maximum atomic E-state index is 12.4. The van der Waals surface area contributed by atoms with Crippen molar-refractivity contribution < 1.29 is 14.6 Å². The van der Waals surface area contributed by atoms with Gasteiger partial charge in [0.25, 0.3) is 0 Å². The van der Waals surface area contributed by atoms with Gasteiger partial charge in [0.2, 0.25) is 0 Å². The number of carbonyl (C=O) groups is 1. The summed E-state index contributed by atoms with van der Waals surface area (Å²) in [5.74, 6) is 0.208.